The van der Waals surface area contributed by atoms with Crippen LogP contribution in [0.2, 0.25) is 0 Å². The first-order chi connectivity index (χ1) is 8.74. The van der Waals surface area contributed by atoms with Crippen molar-refractivity contribution in [3.8, 4) is 0 Å². The molecule has 0 aromatic heterocycles. The molecule has 0 fully saturated rings. The maximum absolute atomic E-state index is 6.47. The van der Waals surface area contributed by atoms with E-state index < -0.39 is 0 Å². The molecule has 18 heavy (non-hydrogen) atoms. The number of nitrogens with zero attached hydrogens (tertiary/aromatic N) is 1. The van der Waals surface area contributed by atoms with Crippen molar-refractivity contribution in [1.29, 1.82) is 0 Å². The highest BCUT2D eigenvalue weighted by molar-refractivity contribution is 5.20. The highest BCUT2D eigenvalue weighted by Gasteiger charge is 2.23. The van der Waals surface area contributed by atoms with Gasteiger partial charge in [-0.3, -0.25) is 4.90 Å². The zero-order chi connectivity index (χ0) is 13.4. The minimum Gasteiger partial charge on any atom is -0.323 e. The minimum atomic E-state index is 0.120. The molecule has 0 spiro atoms. The molecule has 2 atom stereocenters. The van der Waals surface area contributed by atoms with Gasteiger partial charge >= 0.3 is 0 Å². The Bertz CT molecular complexity index is 304. The van der Waals surface area contributed by atoms with Gasteiger partial charge in [-0.1, -0.05) is 51.1 Å². The van der Waals surface area contributed by atoms with E-state index in [0.717, 1.165) is 19.5 Å². The van der Waals surface area contributed by atoms with Gasteiger partial charge in [-0.15, -0.1) is 0 Å². The van der Waals surface area contributed by atoms with Gasteiger partial charge in [0.1, 0.15) is 0 Å². The molecule has 0 aliphatic rings. The van der Waals surface area contributed by atoms with Crippen LogP contribution < -0.4 is 5.73 Å². The number of rotatable bonds is 8. The summed E-state index contributed by atoms with van der Waals surface area (Å²) in [6, 6.07) is 11.1. The molecule has 1 aromatic rings. The second-order valence-corrected chi connectivity index (χ2v) is 4.95. The zero-order valence-corrected chi connectivity index (χ0v) is 12.1. The van der Waals surface area contributed by atoms with Crippen LogP contribution in [0.1, 0.15) is 51.6 Å². The van der Waals surface area contributed by atoms with Crippen molar-refractivity contribution in [1.82, 2.24) is 4.90 Å². The molecule has 0 aliphatic heterocycles. The normalized spacial score (nSPS) is 14.7. The molecule has 0 saturated heterocycles. The lowest BCUT2D eigenvalue weighted by atomic mass is 9.96. The second-order valence-electron chi connectivity index (χ2n) is 4.95. The van der Waals surface area contributed by atoms with Crippen molar-refractivity contribution < 1.29 is 0 Å². The van der Waals surface area contributed by atoms with Gasteiger partial charge in [-0.25, -0.2) is 0 Å². The average molecular weight is 248 g/mol. The van der Waals surface area contributed by atoms with Gasteiger partial charge < -0.3 is 5.73 Å². The molecule has 0 radical (unpaired) electrons. The Morgan fingerprint density at radius 2 is 1.56 bits per heavy atom. The molecule has 1 rings (SSSR count). The molecule has 0 amide bonds. The predicted octanol–water partition coefficient (Wildman–Crippen LogP) is 3.59. The van der Waals surface area contributed by atoms with Gasteiger partial charge in [0.25, 0.3) is 0 Å². The van der Waals surface area contributed by atoms with Gasteiger partial charge in [0, 0.05) is 12.1 Å². The number of hydrogen-bond donors (Lipinski definition) is 1. The van der Waals surface area contributed by atoms with Gasteiger partial charge in [0.2, 0.25) is 0 Å². The SMILES string of the molecule is CCCN(CCC)C(CC)C(N)c1ccccc1. The lowest BCUT2D eigenvalue weighted by Gasteiger charge is -2.35. The summed E-state index contributed by atoms with van der Waals surface area (Å²) in [5.74, 6) is 0. The van der Waals surface area contributed by atoms with Crippen molar-refractivity contribution >= 4 is 0 Å². The predicted molar refractivity (Wildman–Crippen MR) is 79.6 cm³/mol. The molecule has 0 bridgehead atoms. The van der Waals surface area contributed by atoms with E-state index in [9.17, 15) is 0 Å². The van der Waals surface area contributed by atoms with E-state index in [-0.39, 0.29) is 6.04 Å². The van der Waals surface area contributed by atoms with Crippen LogP contribution in [0.25, 0.3) is 0 Å². The first-order valence-electron chi connectivity index (χ1n) is 7.29. The Morgan fingerprint density at radius 3 is 2.00 bits per heavy atom. The summed E-state index contributed by atoms with van der Waals surface area (Å²) in [6.07, 6.45) is 3.49. The fourth-order valence-electron chi connectivity index (χ4n) is 2.65. The zero-order valence-electron chi connectivity index (χ0n) is 12.1. The van der Waals surface area contributed by atoms with Gasteiger partial charge in [-0.05, 0) is 37.9 Å². The van der Waals surface area contributed by atoms with Crippen molar-refractivity contribution in [2.75, 3.05) is 13.1 Å². The monoisotopic (exact) mass is 248 g/mol. The van der Waals surface area contributed by atoms with Crippen molar-refractivity contribution in [3.05, 3.63) is 35.9 Å². The Kier molecular flexibility index (Phi) is 6.99. The van der Waals surface area contributed by atoms with Crippen molar-refractivity contribution in [2.45, 2.75) is 52.1 Å². The first-order valence-corrected chi connectivity index (χ1v) is 7.29. The van der Waals surface area contributed by atoms with Crippen molar-refractivity contribution in [2.24, 2.45) is 5.73 Å². The standard InChI is InChI=1S/C16H28N2/c1-4-12-18(13-5-2)15(6-3)16(17)14-10-8-7-9-11-14/h7-11,15-16H,4-6,12-13,17H2,1-3H3. The lowest BCUT2D eigenvalue weighted by Crippen LogP contribution is -2.43. The van der Waals surface area contributed by atoms with E-state index >= 15 is 0 Å². The third kappa shape index (κ3) is 4.11. The van der Waals surface area contributed by atoms with Crippen LogP contribution in [0.4, 0.5) is 0 Å². The Hall–Kier alpha value is -0.860. The third-order valence-corrected chi connectivity index (χ3v) is 3.51. The minimum absolute atomic E-state index is 0.120. The van der Waals surface area contributed by atoms with Crippen LogP contribution in [0.15, 0.2) is 30.3 Å². The number of hydrogen-bond acceptors (Lipinski definition) is 2. The van der Waals surface area contributed by atoms with Crippen LogP contribution >= 0.6 is 0 Å². The molecule has 2 unspecified atom stereocenters. The summed E-state index contributed by atoms with van der Waals surface area (Å²) >= 11 is 0. The summed E-state index contributed by atoms with van der Waals surface area (Å²) in [5, 5.41) is 0. The van der Waals surface area contributed by atoms with Gasteiger partial charge in [0.05, 0.1) is 0 Å². The topological polar surface area (TPSA) is 29.3 Å². The quantitative estimate of drug-likeness (QED) is 0.762. The Morgan fingerprint density at radius 1 is 1.00 bits per heavy atom. The molecule has 0 saturated carbocycles. The lowest BCUT2D eigenvalue weighted by molar-refractivity contribution is 0.166. The third-order valence-electron chi connectivity index (χ3n) is 3.51. The molecule has 1 aromatic carbocycles. The van der Waals surface area contributed by atoms with E-state index in [0.29, 0.717) is 6.04 Å². The second kappa shape index (κ2) is 8.28. The van der Waals surface area contributed by atoms with Gasteiger partial charge in [-0.2, -0.15) is 0 Å². The fraction of sp³-hybridized carbons (Fsp3) is 0.625. The molecule has 102 valence electrons. The Labute approximate surface area is 112 Å². The molecule has 2 nitrogen and oxygen atoms in total. The van der Waals surface area contributed by atoms with E-state index in [1.807, 2.05) is 6.07 Å². The maximum Gasteiger partial charge on any atom is 0.0453 e. The molecule has 2 heteroatoms. The van der Waals surface area contributed by atoms with Crippen molar-refractivity contribution in [3.63, 3.8) is 0 Å². The highest BCUT2D eigenvalue weighted by atomic mass is 15.2. The maximum atomic E-state index is 6.47. The molecular formula is C16H28N2. The fourth-order valence-corrected chi connectivity index (χ4v) is 2.65. The van der Waals surface area contributed by atoms with E-state index in [2.05, 4.69) is 49.9 Å². The largest absolute Gasteiger partial charge is 0.323 e. The average Bonchev–Trinajstić information content (AvgIpc) is 2.41. The molecule has 2 N–H and O–H groups in total. The first kappa shape index (κ1) is 15.2. The van der Waals surface area contributed by atoms with E-state index in [1.54, 1.807) is 0 Å². The smallest absolute Gasteiger partial charge is 0.0453 e. The summed E-state index contributed by atoms with van der Waals surface area (Å²) < 4.78 is 0. The van der Waals surface area contributed by atoms with Crippen LogP contribution in [0.5, 0.6) is 0 Å². The van der Waals surface area contributed by atoms with Crippen LogP contribution in [-0.4, -0.2) is 24.0 Å². The summed E-state index contributed by atoms with van der Waals surface area (Å²) in [7, 11) is 0. The Balaban J connectivity index is 2.79. The summed E-state index contributed by atoms with van der Waals surface area (Å²) in [4.78, 5) is 2.55. The highest BCUT2D eigenvalue weighted by Crippen LogP contribution is 2.21. The van der Waals surface area contributed by atoms with Crippen LogP contribution in [-0.2, 0) is 0 Å². The summed E-state index contributed by atoms with van der Waals surface area (Å²) in [6.45, 7) is 9.01. The summed E-state index contributed by atoms with van der Waals surface area (Å²) in [5.41, 5.74) is 7.72. The number of nitrogens with two attached hydrogens (primary N) is 1. The van der Waals surface area contributed by atoms with E-state index in [4.69, 9.17) is 5.73 Å². The van der Waals surface area contributed by atoms with Gasteiger partial charge in [0.15, 0.2) is 0 Å². The number of benzene rings is 1. The molecule has 0 heterocycles. The molecule has 0 aliphatic carbocycles. The van der Waals surface area contributed by atoms with Crippen LogP contribution in [0, 0.1) is 0 Å². The van der Waals surface area contributed by atoms with Crippen LogP contribution in [0.3, 0.4) is 0 Å². The molecular weight excluding hydrogens is 220 g/mol. The van der Waals surface area contributed by atoms with E-state index in [1.165, 1.54) is 18.4 Å².